The molecule has 0 unspecified atom stereocenters. The molecule has 0 atom stereocenters. The van der Waals surface area contributed by atoms with E-state index < -0.39 is 0 Å². The van der Waals surface area contributed by atoms with Crippen molar-refractivity contribution in [1.29, 1.82) is 5.26 Å². The van der Waals surface area contributed by atoms with Crippen LogP contribution in [0.2, 0.25) is 0 Å². The molecule has 6 aromatic rings. The van der Waals surface area contributed by atoms with Crippen LogP contribution in [-0.2, 0) is 6.42 Å². The Kier molecular flexibility index (Phi) is 9.45. The Morgan fingerprint density at radius 2 is 1.29 bits per heavy atom. The number of unbranched alkanes of at least 4 members (excludes halogenated alkanes) is 3. The van der Waals surface area contributed by atoms with Gasteiger partial charge in [-0.15, -0.1) is 22.7 Å². The highest BCUT2D eigenvalue weighted by atomic mass is 32.1. The Bertz CT molecular complexity index is 1880. The van der Waals surface area contributed by atoms with E-state index in [1.165, 1.54) is 50.6 Å². The summed E-state index contributed by atoms with van der Waals surface area (Å²) in [7, 11) is 0. The van der Waals surface area contributed by atoms with Crippen molar-refractivity contribution < 1.29 is 5.11 Å². The second kappa shape index (κ2) is 14.0. The zero-order chi connectivity index (χ0) is 31.2. The highest BCUT2D eigenvalue weighted by molar-refractivity contribution is 7.25. The fraction of sp³-hybridized carbons (Fsp3) is 0.175. The molecule has 224 valence electrons. The Morgan fingerprint density at radius 3 is 1.93 bits per heavy atom. The van der Waals surface area contributed by atoms with Crippen molar-refractivity contribution in [1.82, 2.24) is 0 Å². The van der Waals surface area contributed by atoms with Crippen LogP contribution in [0.25, 0.3) is 30.6 Å². The minimum Gasteiger partial charge on any atom is -0.507 e. The second-order valence-electron chi connectivity index (χ2n) is 11.3. The molecular formula is C40H36N2OS2. The van der Waals surface area contributed by atoms with E-state index in [9.17, 15) is 10.4 Å². The first-order valence-electron chi connectivity index (χ1n) is 15.5. The SMILES string of the molecule is CCCCCCc1cc(-c2ccc(O)c(C#N)c2)sc1-c1cc(C)c(-c2ccc(N(c3ccccc3)c3ccccc3)cc2)s1. The molecule has 3 nitrogen and oxygen atoms in total. The van der Waals surface area contributed by atoms with Gasteiger partial charge in [-0.05, 0) is 109 Å². The number of nitrogens with zero attached hydrogens (tertiary/aromatic N) is 2. The summed E-state index contributed by atoms with van der Waals surface area (Å²) in [4.78, 5) is 7.29. The molecule has 2 aromatic heterocycles. The lowest BCUT2D eigenvalue weighted by Crippen LogP contribution is -2.09. The number of aryl methyl sites for hydroxylation is 2. The van der Waals surface area contributed by atoms with Crippen molar-refractivity contribution in [3.05, 3.63) is 132 Å². The van der Waals surface area contributed by atoms with Gasteiger partial charge in [-0.2, -0.15) is 5.26 Å². The number of nitriles is 1. The zero-order valence-corrected chi connectivity index (χ0v) is 27.3. The van der Waals surface area contributed by atoms with Gasteiger partial charge in [0.05, 0.1) is 5.56 Å². The van der Waals surface area contributed by atoms with Gasteiger partial charge >= 0.3 is 0 Å². The molecule has 0 amide bonds. The molecule has 0 fully saturated rings. The Labute approximate surface area is 274 Å². The van der Waals surface area contributed by atoms with Crippen molar-refractivity contribution in [3.8, 4) is 42.5 Å². The predicted molar refractivity (Wildman–Crippen MR) is 192 cm³/mol. The lowest BCUT2D eigenvalue weighted by atomic mass is 10.0. The fourth-order valence-corrected chi connectivity index (χ4v) is 8.25. The van der Waals surface area contributed by atoms with Crippen molar-refractivity contribution in [2.75, 3.05) is 4.90 Å². The van der Waals surface area contributed by atoms with Crippen LogP contribution >= 0.6 is 22.7 Å². The average molecular weight is 625 g/mol. The lowest BCUT2D eigenvalue weighted by molar-refractivity contribution is 0.473. The van der Waals surface area contributed by atoms with E-state index in [1.807, 2.05) is 29.5 Å². The lowest BCUT2D eigenvalue weighted by Gasteiger charge is -2.25. The summed E-state index contributed by atoms with van der Waals surface area (Å²) in [5.74, 6) is 0.0259. The number of benzene rings is 4. The standard InChI is InChI=1S/C40H36N2OS2/c1-3-4-5-8-13-31-26-37(30-20-23-36(43)32(25-30)27-41)44-40(31)38-24-28(2)39(45-38)29-18-21-35(22-19-29)42(33-14-9-6-10-15-33)34-16-11-7-12-17-34/h6-7,9-12,14-26,43H,3-5,8,13H2,1-2H3. The number of hydrogen-bond acceptors (Lipinski definition) is 5. The van der Waals surface area contributed by atoms with Crippen LogP contribution in [-0.4, -0.2) is 5.11 Å². The second-order valence-corrected chi connectivity index (χ2v) is 13.4. The van der Waals surface area contributed by atoms with Crippen LogP contribution in [0.15, 0.2) is 115 Å². The van der Waals surface area contributed by atoms with Gasteiger partial charge in [-0.1, -0.05) is 74.7 Å². The number of phenols is 1. The van der Waals surface area contributed by atoms with Crippen molar-refractivity contribution in [2.45, 2.75) is 46.0 Å². The van der Waals surface area contributed by atoms with Gasteiger partial charge in [0.1, 0.15) is 11.8 Å². The van der Waals surface area contributed by atoms with Gasteiger partial charge in [-0.3, -0.25) is 0 Å². The number of thiophene rings is 2. The smallest absolute Gasteiger partial charge is 0.133 e. The summed E-state index contributed by atoms with van der Waals surface area (Å²) in [6.07, 6.45) is 5.88. The predicted octanol–water partition coefficient (Wildman–Crippen LogP) is 12.3. The van der Waals surface area contributed by atoms with E-state index in [2.05, 4.69) is 110 Å². The van der Waals surface area contributed by atoms with Crippen LogP contribution in [0.1, 0.15) is 49.3 Å². The number of aromatic hydroxyl groups is 1. The van der Waals surface area contributed by atoms with Gasteiger partial charge in [-0.25, -0.2) is 0 Å². The average Bonchev–Trinajstić information content (AvgIpc) is 3.68. The van der Waals surface area contributed by atoms with Crippen LogP contribution in [0, 0.1) is 18.3 Å². The van der Waals surface area contributed by atoms with Crippen LogP contribution in [0.3, 0.4) is 0 Å². The number of para-hydroxylation sites is 2. The maximum Gasteiger partial charge on any atom is 0.133 e. The van der Waals surface area contributed by atoms with Gasteiger partial charge in [0.25, 0.3) is 0 Å². The third-order valence-corrected chi connectivity index (χ3v) is 10.8. The van der Waals surface area contributed by atoms with Gasteiger partial charge in [0.15, 0.2) is 0 Å². The fourth-order valence-electron chi connectivity index (χ4n) is 5.73. The third kappa shape index (κ3) is 6.73. The Hall–Kier alpha value is -4.63. The van der Waals surface area contributed by atoms with Gasteiger partial charge < -0.3 is 10.0 Å². The maximum absolute atomic E-state index is 10.1. The van der Waals surface area contributed by atoms with Crippen molar-refractivity contribution in [3.63, 3.8) is 0 Å². The summed E-state index contributed by atoms with van der Waals surface area (Å²) in [5, 5.41) is 19.6. The minimum atomic E-state index is 0.0259. The minimum absolute atomic E-state index is 0.0259. The zero-order valence-electron chi connectivity index (χ0n) is 25.7. The summed E-state index contributed by atoms with van der Waals surface area (Å²) >= 11 is 3.64. The van der Waals surface area contributed by atoms with Gasteiger partial charge in [0, 0.05) is 36.6 Å². The molecule has 5 heteroatoms. The molecule has 0 saturated carbocycles. The first kappa shape index (κ1) is 30.4. The number of anilines is 3. The molecule has 4 aromatic carbocycles. The molecule has 0 spiro atoms. The third-order valence-electron chi connectivity index (χ3n) is 8.07. The van der Waals surface area contributed by atoms with E-state index in [-0.39, 0.29) is 5.75 Å². The van der Waals surface area contributed by atoms with Crippen LogP contribution < -0.4 is 4.90 Å². The van der Waals surface area contributed by atoms with Crippen LogP contribution in [0.4, 0.5) is 17.1 Å². The first-order valence-corrected chi connectivity index (χ1v) is 17.2. The van der Waals surface area contributed by atoms with Gasteiger partial charge in [0.2, 0.25) is 0 Å². The first-order chi connectivity index (χ1) is 22.1. The molecular weight excluding hydrogens is 589 g/mol. The molecule has 6 rings (SSSR count). The van der Waals surface area contributed by atoms with Crippen molar-refractivity contribution >= 4 is 39.7 Å². The quantitative estimate of drug-likeness (QED) is 0.146. The molecule has 0 radical (unpaired) electrons. The Morgan fingerprint density at radius 1 is 0.667 bits per heavy atom. The molecule has 0 aliphatic heterocycles. The molecule has 2 heterocycles. The number of rotatable bonds is 11. The summed E-state index contributed by atoms with van der Waals surface area (Å²) in [6, 6.07) is 42.0. The van der Waals surface area contributed by atoms with E-state index in [4.69, 9.17) is 0 Å². The monoisotopic (exact) mass is 624 g/mol. The molecule has 0 saturated heterocycles. The molecule has 0 bridgehead atoms. The highest BCUT2D eigenvalue weighted by Crippen LogP contribution is 2.46. The largest absolute Gasteiger partial charge is 0.507 e. The highest BCUT2D eigenvalue weighted by Gasteiger charge is 2.18. The van der Waals surface area contributed by atoms with Crippen molar-refractivity contribution in [2.24, 2.45) is 0 Å². The summed E-state index contributed by atoms with van der Waals surface area (Å²) in [5.41, 5.74) is 8.50. The number of phenolic OH excluding ortho intramolecular Hbond substituents is 1. The summed E-state index contributed by atoms with van der Waals surface area (Å²) in [6.45, 7) is 4.45. The Balaban J connectivity index is 1.34. The topological polar surface area (TPSA) is 47.3 Å². The number of hydrogen-bond donors (Lipinski definition) is 1. The molecule has 1 N–H and O–H groups in total. The van der Waals surface area contributed by atoms with Crippen LogP contribution in [0.5, 0.6) is 5.75 Å². The molecule has 45 heavy (non-hydrogen) atoms. The normalized spacial score (nSPS) is 11.0. The van der Waals surface area contributed by atoms with E-state index >= 15 is 0 Å². The van der Waals surface area contributed by atoms with E-state index in [0.29, 0.717) is 5.56 Å². The summed E-state index contributed by atoms with van der Waals surface area (Å²) < 4.78 is 0. The molecule has 0 aliphatic rings. The van der Waals surface area contributed by atoms with E-state index in [0.717, 1.165) is 40.3 Å². The molecule has 0 aliphatic carbocycles. The maximum atomic E-state index is 10.1. The van der Waals surface area contributed by atoms with E-state index in [1.54, 1.807) is 23.5 Å².